The van der Waals surface area contributed by atoms with Crippen molar-refractivity contribution in [2.75, 3.05) is 7.11 Å². The highest BCUT2D eigenvalue weighted by Crippen LogP contribution is 2.48. The predicted octanol–water partition coefficient (Wildman–Crippen LogP) is 7.93. The maximum atomic E-state index is 12.2. The first-order chi connectivity index (χ1) is 19.5. The molecule has 0 N–H and O–H groups in total. The summed E-state index contributed by atoms with van der Waals surface area (Å²) < 4.78 is 6.78. The Morgan fingerprint density at radius 3 is 2.38 bits per heavy atom. The fourth-order valence-corrected chi connectivity index (χ4v) is 5.72. The lowest BCUT2D eigenvalue weighted by Gasteiger charge is -2.37. The molecule has 1 aromatic heterocycles. The summed E-state index contributed by atoms with van der Waals surface area (Å²) in [4.78, 5) is 19.2. The van der Waals surface area contributed by atoms with Crippen molar-refractivity contribution in [3.63, 3.8) is 0 Å². The van der Waals surface area contributed by atoms with Crippen molar-refractivity contribution < 1.29 is 9.53 Å². The Bertz CT molecular complexity index is 1670. The fraction of sp³-hybridized carbons (Fsp3) is 0.156. The molecular weight excluding hydrogens is 543 g/mol. The van der Waals surface area contributed by atoms with E-state index in [4.69, 9.17) is 38.0 Å². The van der Waals surface area contributed by atoms with Crippen LogP contribution in [0.1, 0.15) is 46.4 Å². The van der Waals surface area contributed by atoms with E-state index in [0.29, 0.717) is 27.3 Å². The molecule has 0 aliphatic carbocycles. The number of carbonyl (C=O) groups excluding carboxylic acids is 1. The van der Waals surface area contributed by atoms with Crippen LogP contribution in [-0.4, -0.2) is 33.6 Å². The highest BCUT2D eigenvalue weighted by molar-refractivity contribution is 6.45. The van der Waals surface area contributed by atoms with E-state index >= 15 is 0 Å². The molecule has 0 fully saturated rings. The van der Waals surface area contributed by atoms with E-state index in [1.165, 1.54) is 12.7 Å². The lowest BCUT2D eigenvalue weighted by atomic mass is 9.91. The van der Waals surface area contributed by atoms with Gasteiger partial charge in [-0.1, -0.05) is 91.1 Å². The number of esters is 1. The second-order valence-electron chi connectivity index (χ2n) is 9.65. The van der Waals surface area contributed by atoms with Crippen LogP contribution in [-0.2, 0) is 11.2 Å². The smallest absolute Gasteiger partial charge is 0.337 e. The van der Waals surface area contributed by atoms with Crippen LogP contribution in [0.3, 0.4) is 0 Å². The zero-order chi connectivity index (χ0) is 27.8. The molecule has 0 radical (unpaired) electrons. The number of aryl methyl sites for hydroxylation is 1. The van der Waals surface area contributed by atoms with E-state index in [9.17, 15) is 4.79 Å². The van der Waals surface area contributed by atoms with Crippen molar-refractivity contribution in [1.82, 2.24) is 14.7 Å². The first-order valence-electron chi connectivity index (χ1n) is 13.1. The highest BCUT2D eigenvalue weighted by atomic mass is 35.5. The van der Waals surface area contributed by atoms with Crippen LogP contribution in [0.25, 0.3) is 16.9 Å². The molecule has 2 aliphatic rings. The van der Waals surface area contributed by atoms with Crippen LogP contribution in [0.15, 0.2) is 106 Å². The van der Waals surface area contributed by atoms with Gasteiger partial charge in [0.15, 0.2) is 11.7 Å². The van der Waals surface area contributed by atoms with Gasteiger partial charge in [0, 0.05) is 11.8 Å². The zero-order valence-corrected chi connectivity index (χ0v) is 23.5. The summed E-state index contributed by atoms with van der Waals surface area (Å²) in [6.07, 6.45) is 5.62. The molecule has 3 heterocycles. The monoisotopic (exact) mass is 568 g/mol. The number of hydrogen-bond donors (Lipinski definition) is 0. The Labute approximate surface area is 242 Å². The molecule has 40 heavy (non-hydrogen) atoms. The largest absolute Gasteiger partial charge is 0.465 e. The Morgan fingerprint density at radius 1 is 0.975 bits per heavy atom. The van der Waals surface area contributed by atoms with Gasteiger partial charge < -0.3 is 9.64 Å². The average molecular weight is 569 g/mol. The summed E-state index contributed by atoms with van der Waals surface area (Å²) in [6.45, 7) is 2.17. The molecule has 0 bridgehead atoms. The minimum absolute atomic E-state index is 0.367. The number of rotatable bonds is 6. The van der Waals surface area contributed by atoms with Crippen LogP contribution in [0.5, 0.6) is 0 Å². The van der Waals surface area contributed by atoms with Crippen molar-refractivity contribution in [1.29, 1.82) is 0 Å². The van der Waals surface area contributed by atoms with Gasteiger partial charge in [-0.2, -0.15) is 5.10 Å². The van der Waals surface area contributed by atoms with E-state index in [2.05, 4.69) is 31.2 Å². The second-order valence-corrected chi connectivity index (χ2v) is 10.5. The van der Waals surface area contributed by atoms with Gasteiger partial charge in [0.2, 0.25) is 0 Å². The number of benzene rings is 3. The normalized spacial score (nSPS) is 15.9. The van der Waals surface area contributed by atoms with Gasteiger partial charge in [-0.25, -0.2) is 14.5 Å². The summed E-state index contributed by atoms with van der Waals surface area (Å²) in [5.74, 6) is 0.863. The molecule has 4 aromatic rings. The van der Waals surface area contributed by atoms with Crippen LogP contribution >= 0.6 is 23.2 Å². The van der Waals surface area contributed by atoms with Gasteiger partial charge in [0.25, 0.3) is 0 Å². The Balaban J connectivity index is 1.62. The third-order valence-corrected chi connectivity index (χ3v) is 7.54. The number of nitrogens with zero attached hydrogens (tertiary/aromatic N) is 4. The Morgan fingerprint density at radius 2 is 1.70 bits per heavy atom. The number of allylic oxidation sites excluding steroid dienone is 2. The lowest BCUT2D eigenvalue weighted by Crippen LogP contribution is -2.35. The van der Waals surface area contributed by atoms with Crippen LogP contribution in [0.4, 0.5) is 5.82 Å². The molecule has 0 unspecified atom stereocenters. The number of hydrogen-bond acceptors (Lipinski definition) is 5. The van der Waals surface area contributed by atoms with Crippen LogP contribution in [0.2, 0.25) is 0 Å². The number of halogens is 2. The third kappa shape index (κ3) is 4.63. The molecule has 0 spiro atoms. The maximum Gasteiger partial charge on any atom is 0.337 e. The molecule has 6 nitrogen and oxygen atoms in total. The van der Waals surface area contributed by atoms with E-state index in [1.54, 1.807) is 18.2 Å². The first kappa shape index (κ1) is 26.1. The molecule has 6 rings (SSSR count). The predicted molar refractivity (Wildman–Crippen MR) is 159 cm³/mol. The minimum Gasteiger partial charge on any atom is -0.465 e. The maximum absolute atomic E-state index is 12.2. The topological polar surface area (TPSA) is 59.7 Å². The number of carbonyl (C=O) groups is 1. The van der Waals surface area contributed by atoms with Gasteiger partial charge in [0.05, 0.1) is 40.0 Å². The lowest BCUT2D eigenvalue weighted by molar-refractivity contribution is 0.0600. The van der Waals surface area contributed by atoms with Crippen molar-refractivity contribution in [2.24, 2.45) is 4.99 Å². The Hall–Kier alpha value is -4.13. The van der Waals surface area contributed by atoms with Gasteiger partial charge >= 0.3 is 5.97 Å². The standard InChI is InChI=1S/C32H26Cl2N4O2/c1-3-7-20-10-12-21(13-11-20)28-27-29(22-14-16-23(17-15-22)32(39)40-2)37-19-24(33)18-26(34)30(37)35-31(27)38(36-28)25-8-5-4-6-9-25/h4-6,8-19,29H,3,7H2,1-2H3/t29-/m0/s1. The third-order valence-electron chi connectivity index (χ3n) is 7.06. The molecule has 8 heteroatoms. The SMILES string of the molecule is CCCc1ccc(-c2nn(-c3ccccc3)c3c2[C@H](c2ccc(C(=O)OC)cc2)N2C=C(Cl)C=C(Cl)C2=N3)cc1. The quantitative estimate of drug-likeness (QED) is 0.221. The molecule has 0 amide bonds. The zero-order valence-electron chi connectivity index (χ0n) is 22.0. The molecule has 0 saturated carbocycles. The van der Waals surface area contributed by atoms with Gasteiger partial charge in [-0.3, -0.25) is 0 Å². The number of ether oxygens (including phenoxy) is 1. The number of aromatic nitrogens is 2. The summed E-state index contributed by atoms with van der Waals surface area (Å²) in [7, 11) is 1.37. The molecule has 3 aromatic carbocycles. The number of amidine groups is 1. The second kappa shape index (κ2) is 10.8. The number of methoxy groups -OCH3 is 1. The summed E-state index contributed by atoms with van der Waals surface area (Å²) in [5, 5.41) is 6.06. The van der Waals surface area contributed by atoms with Gasteiger partial charge in [-0.15, -0.1) is 0 Å². The first-order valence-corrected chi connectivity index (χ1v) is 13.8. The number of fused-ring (bicyclic) bond motifs is 2. The van der Waals surface area contributed by atoms with Gasteiger partial charge in [0.1, 0.15) is 5.69 Å². The van der Waals surface area contributed by atoms with Crippen molar-refractivity contribution in [3.05, 3.63) is 123 Å². The summed E-state index contributed by atoms with van der Waals surface area (Å²) >= 11 is 13.3. The summed E-state index contributed by atoms with van der Waals surface area (Å²) in [6, 6.07) is 25.5. The fourth-order valence-electron chi connectivity index (χ4n) is 5.20. The van der Waals surface area contributed by atoms with Crippen molar-refractivity contribution >= 4 is 40.8 Å². The van der Waals surface area contributed by atoms with E-state index < -0.39 is 5.97 Å². The van der Waals surface area contributed by atoms with E-state index in [0.717, 1.165) is 40.9 Å². The number of aliphatic imine (C=N–C) groups is 1. The van der Waals surface area contributed by atoms with E-state index in [-0.39, 0.29) is 6.04 Å². The molecular formula is C32H26Cl2N4O2. The van der Waals surface area contributed by atoms with Crippen molar-refractivity contribution in [2.45, 2.75) is 25.8 Å². The molecule has 0 saturated heterocycles. The summed E-state index contributed by atoms with van der Waals surface area (Å²) in [5.41, 5.74) is 6.25. The minimum atomic E-state index is -0.394. The van der Waals surface area contributed by atoms with E-state index in [1.807, 2.05) is 58.2 Å². The molecule has 200 valence electrons. The van der Waals surface area contributed by atoms with Gasteiger partial charge in [-0.05, 0) is 47.9 Å². The molecule has 2 aliphatic heterocycles. The Kier molecular flexibility index (Phi) is 7.05. The van der Waals surface area contributed by atoms with Crippen molar-refractivity contribution in [3.8, 4) is 16.9 Å². The van der Waals surface area contributed by atoms with Crippen LogP contribution in [0, 0.1) is 0 Å². The average Bonchev–Trinajstić information content (AvgIpc) is 3.36. The number of para-hydroxylation sites is 1. The molecule has 1 atom stereocenters. The highest BCUT2D eigenvalue weighted by Gasteiger charge is 2.39. The van der Waals surface area contributed by atoms with Crippen LogP contribution < -0.4 is 0 Å².